The Morgan fingerprint density at radius 3 is 1.82 bits per heavy atom. The number of nitrogens with zero attached hydrogens (tertiary/aromatic N) is 4. The molecule has 13 rings (SSSR count). The number of hydrogen-bond donors (Lipinski definition) is 0. The average molecular weight is 876 g/mol. The summed E-state index contributed by atoms with van der Waals surface area (Å²) in [5, 5.41) is 1.69. The Kier molecular flexibility index (Phi) is 10.6. The average Bonchev–Trinajstić information content (AvgIpc) is 3.35. The number of ether oxygens (including phenoxy) is 4. The Morgan fingerprint density at radius 1 is 0.708 bits per heavy atom. The Bertz CT molecular complexity index is 2850. The van der Waals surface area contributed by atoms with Crippen molar-refractivity contribution >= 4 is 33.4 Å². The molecule has 0 N–H and O–H groups in total. The van der Waals surface area contributed by atoms with Crippen LogP contribution in [0.25, 0.3) is 21.8 Å². The monoisotopic (exact) mass is 875 g/mol. The van der Waals surface area contributed by atoms with E-state index in [4.69, 9.17) is 23.9 Å². The van der Waals surface area contributed by atoms with E-state index in [1.807, 2.05) is 54.7 Å². The maximum atomic E-state index is 17.8. The predicted octanol–water partition coefficient (Wildman–Crippen LogP) is 10.5. The van der Waals surface area contributed by atoms with Crippen molar-refractivity contribution in [1.82, 2.24) is 14.9 Å². The maximum absolute atomic E-state index is 17.8. The lowest BCUT2D eigenvalue weighted by Gasteiger charge is -2.52. The van der Waals surface area contributed by atoms with Crippen molar-refractivity contribution in [2.24, 2.45) is 23.7 Å². The van der Waals surface area contributed by atoms with Gasteiger partial charge in [-0.1, -0.05) is 44.5 Å². The molecule has 334 valence electrons. The van der Waals surface area contributed by atoms with Gasteiger partial charge in [-0.3, -0.25) is 24.5 Å². The van der Waals surface area contributed by atoms with Crippen molar-refractivity contribution in [1.29, 1.82) is 0 Å². The molecule has 65 heavy (non-hydrogen) atoms. The zero-order valence-corrected chi connectivity index (χ0v) is 37.5. The van der Waals surface area contributed by atoms with E-state index >= 15 is 14.1 Å². The molecule has 8 heterocycles. The van der Waals surface area contributed by atoms with Crippen LogP contribution in [0.2, 0.25) is 0 Å². The highest BCUT2D eigenvalue weighted by atomic mass is 19.2. The number of carbonyl (C=O) groups is 2. The minimum Gasteiger partial charge on any atom is -0.497 e. The molecule has 6 aliphatic heterocycles. The molecule has 1 unspecified atom stereocenters. The lowest BCUT2D eigenvalue weighted by atomic mass is 9.72. The molecule has 10 atom stereocenters. The molecule has 0 saturated carbocycles. The van der Waals surface area contributed by atoms with E-state index < -0.39 is 23.0 Å². The molecule has 10 nitrogen and oxygen atoms in total. The van der Waals surface area contributed by atoms with Gasteiger partial charge >= 0.3 is 0 Å². The van der Waals surface area contributed by atoms with Crippen LogP contribution < -0.4 is 18.9 Å². The summed E-state index contributed by atoms with van der Waals surface area (Å²) in [6.45, 7) is 7.16. The number of methoxy groups -OCH3 is 2. The fourth-order valence-electron chi connectivity index (χ4n) is 12.5. The van der Waals surface area contributed by atoms with E-state index in [0.29, 0.717) is 65.6 Å². The number of benzene rings is 4. The second-order valence-electron chi connectivity index (χ2n) is 19.0. The van der Waals surface area contributed by atoms with Gasteiger partial charge in [-0.15, -0.1) is 4.71 Å². The molecule has 6 fully saturated rings. The summed E-state index contributed by atoms with van der Waals surface area (Å²) in [5.74, 6) is 3.00. The Hall–Kier alpha value is -5.91. The highest BCUT2D eigenvalue weighted by Crippen LogP contribution is 2.51. The Balaban J connectivity index is 1.08. The van der Waals surface area contributed by atoms with Crippen LogP contribution in [-0.4, -0.2) is 83.6 Å². The second kappa shape index (κ2) is 16.5. The van der Waals surface area contributed by atoms with Crippen LogP contribution in [0, 0.1) is 23.7 Å². The lowest BCUT2D eigenvalue weighted by Crippen LogP contribution is -2.64. The fourth-order valence-corrected chi connectivity index (χ4v) is 12.5. The summed E-state index contributed by atoms with van der Waals surface area (Å²) in [5.41, 5.74) is 4.13. The fraction of sp³-hybridized carbons (Fsp3) is 0.407. The van der Waals surface area contributed by atoms with Crippen molar-refractivity contribution in [2.45, 2.75) is 76.7 Å². The van der Waals surface area contributed by atoms with Crippen LogP contribution in [0.5, 0.6) is 23.0 Å². The Labute approximate surface area is 379 Å². The molecular formula is C54H56FN4O6+. The van der Waals surface area contributed by atoms with Crippen molar-refractivity contribution in [3.63, 3.8) is 0 Å². The molecule has 0 amide bonds. The second-order valence-corrected chi connectivity index (χ2v) is 19.0. The first-order chi connectivity index (χ1) is 31.7. The van der Waals surface area contributed by atoms with Crippen LogP contribution in [-0.2, 0) is 0 Å². The molecule has 7 aliphatic rings. The smallest absolute Gasteiger partial charge is 0.198 e. The van der Waals surface area contributed by atoms with Crippen molar-refractivity contribution in [2.75, 3.05) is 40.4 Å². The third kappa shape index (κ3) is 6.96. The molecule has 4 aromatic carbocycles. The zero-order valence-electron chi connectivity index (χ0n) is 37.5. The van der Waals surface area contributed by atoms with Crippen LogP contribution in [0.3, 0.4) is 0 Å². The number of carbonyl (C=O) groups excluding carboxylic acids is 2. The van der Waals surface area contributed by atoms with Gasteiger partial charge in [0.1, 0.15) is 42.2 Å². The first-order valence-electron chi connectivity index (χ1n) is 23.5. The summed E-state index contributed by atoms with van der Waals surface area (Å²) in [7, 11) is 3.28. The van der Waals surface area contributed by atoms with Gasteiger partial charge in [0.15, 0.2) is 23.7 Å². The van der Waals surface area contributed by atoms with Crippen LogP contribution in [0.1, 0.15) is 108 Å². The molecular weight excluding hydrogens is 820 g/mol. The van der Waals surface area contributed by atoms with E-state index in [0.717, 1.165) is 78.1 Å². The third-order valence-corrected chi connectivity index (χ3v) is 16.0. The van der Waals surface area contributed by atoms with Gasteiger partial charge in [0, 0.05) is 70.7 Å². The quantitative estimate of drug-likeness (QED) is 0.111. The number of halogens is 1. The molecule has 11 heteroatoms. The first kappa shape index (κ1) is 41.8. The number of ketones is 2. The first-order valence-corrected chi connectivity index (χ1v) is 23.5. The molecule has 4 bridgehead atoms. The van der Waals surface area contributed by atoms with E-state index in [1.165, 1.54) is 0 Å². The van der Waals surface area contributed by atoms with Crippen molar-refractivity contribution < 1.29 is 37.7 Å². The van der Waals surface area contributed by atoms with Gasteiger partial charge in [-0.2, -0.15) is 0 Å². The van der Waals surface area contributed by atoms with Gasteiger partial charge in [0.25, 0.3) is 0 Å². The highest BCUT2D eigenvalue weighted by Gasteiger charge is 2.58. The molecule has 6 saturated heterocycles. The molecule has 0 radical (unpaired) electrons. The van der Waals surface area contributed by atoms with Crippen LogP contribution >= 0.6 is 0 Å². The highest BCUT2D eigenvalue weighted by molar-refractivity contribution is 6.30. The van der Waals surface area contributed by atoms with Gasteiger partial charge in [-0.05, 0) is 109 Å². The number of pyridine rings is 2. The van der Waals surface area contributed by atoms with Crippen LogP contribution in [0.4, 0.5) is 4.48 Å². The zero-order chi connectivity index (χ0) is 44.6. The van der Waals surface area contributed by atoms with Crippen LogP contribution in [0.15, 0.2) is 97.3 Å². The predicted molar refractivity (Wildman–Crippen MR) is 246 cm³/mol. The van der Waals surface area contributed by atoms with Gasteiger partial charge in [-0.25, -0.2) is 0 Å². The summed E-state index contributed by atoms with van der Waals surface area (Å²) in [6.07, 6.45) is 7.73. The standard InChI is InChI=1S/C54H56FN4O6/c1-5-31-29-58-23-19-33(31)25-45(58)53(39-17-21-56-43-13-11-35(62-3)27-41(39)43)64-47-15-16-48(50-49(47)51(60)37-9-7-8-10-38(37)52(50)61)65-54(46-26-34-20-24-59(46,55)30-32(34)6-2)40-18-22-57-44-14-12-36(63-4)28-42(40)44/h7-18,21-22,27-28,31-34,45-46,53-54H,5-6,19-20,23-26,29-30H2,1-4H3/q+1/t31-,32-,33-,34-,45-,46-,53+,54+,59+/m0/s1. The summed E-state index contributed by atoms with van der Waals surface area (Å²) in [6, 6.07) is 25.4. The SMILES string of the molecule is CC[C@H]1CN2CC[C@H]1C[C@H]2[C@H](Oc1ccc(O[C@H](c2ccnc3ccc(OC)cc23)[C@@H]2C[C@@H]3CC[N@@+]2(F)C[C@@H]3CC)c2c1C(=O)c1ccccc1C2=O)c1ccnc2ccc(OC)cc12. The largest absolute Gasteiger partial charge is 0.497 e. The minimum absolute atomic E-state index is 0.00451. The minimum atomic E-state index is -0.836. The number of fused-ring (bicyclic) bond motifs is 10. The number of aromatic nitrogens is 2. The molecule has 1 aliphatic carbocycles. The molecule has 6 aromatic rings. The molecule has 2 aromatic heterocycles. The number of hydrogen-bond acceptors (Lipinski definition) is 9. The normalized spacial score (nSPS) is 27.6. The lowest BCUT2D eigenvalue weighted by molar-refractivity contribution is -1.09. The summed E-state index contributed by atoms with van der Waals surface area (Å²) < 4.78 is 43.2. The van der Waals surface area contributed by atoms with E-state index in [2.05, 4.69) is 23.7 Å². The van der Waals surface area contributed by atoms with E-state index in [-0.39, 0.29) is 40.4 Å². The van der Waals surface area contributed by atoms with E-state index in [1.54, 1.807) is 56.8 Å². The summed E-state index contributed by atoms with van der Waals surface area (Å²) >= 11 is 0. The maximum Gasteiger partial charge on any atom is 0.198 e. The summed E-state index contributed by atoms with van der Waals surface area (Å²) in [4.78, 5) is 42.2. The van der Waals surface area contributed by atoms with Crippen molar-refractivity contribution in [3.05, 3.63) is 131 Å². The molecule has 0 spiro atoms. The van der Waals surface area contributed by atoms with Gasteiger partial charge < -0.3 is 18.9 Å². The van der Waals surface area contributed by atoms with E-state index in [9.17, 15) is 0 Å². The van der Waals surface area contributed by atoms with Gasteiger partial charge in [0.2, 0.25) is 0 Å². The number of piperidine rings is 6. The van der Waals surface area contributed by atoms with Gasteiger partial charge in [0.05, 0.1) is 42.4 Å². The van der Waals surface area contributed by atoms with Crippen molar-refractivity contribution in [3.8, 4) is 23.0 Å². The number of quaternary nitrogens is 1. The number of rotatable bonds is 12. The Morgan fingerprint density at radius 2 is 1.28 bits per heavy atom. The topological polar surface area (TPSA) is 100 Å². The third-order valence-electron chi connectivity index (χ3n) is 16.0.